The van der Waals surface area contributed by atoms with Crippen LogP contribution in [0.4, 0.5) is 0 Å². The van der Waals surface area contributed by atoms with E-state index in [-0.39, 0.29) is 0 Å². The molecule has 0 spiro atoms. The Bertz CT molecular complexity index is 424. The minimum absolute atomic E-state index is 0.474. The largest absolute Gasteiger partial charge is 0.343 e. The maximum Gasteiger partial charge on any atom is 0.213 e. The van der Waals surface area contributed by atoms with Crippen LogP contribution < -0.4 is 0 Å². The predicted octanol–water partition coefficient (Wildman–Crippen LogP) is 0.713. The van der Waals surface area contributed by atoms with Crippen LogP contribution in [0.5, 0.6) is 0 Å². The Labute approximate surface area is 92.9 Å². The molecule has 0 radical (unpaired) electrons. The van der Waals surface area contributed by atoms with Crippen LogP contribution in [-0.4, -0.2) is 37.9 Å². The summed E-state index contributed by atoms with van der Waals surface area (Å²) in [7, 11) is 0. The van der Waals surface area contributed by atoms with Gasteiger partial charge in [0.1, 0.15) is 0 Å². The van der Waals surface area contributed by atoms with Gasteiger partial charge in [-0.2, -0.15) is 10.1 Å². The summed E-state index contributed by atoms with van der Waals surface area (Å²) in [6.07, 6.45) is 6.33. The fraction of sp³-hybridized carbons (Fsp3) is 0.500. The maximum atomic E-state index is 4.72. The normalized spacial score (nSPS) is 21.6. The Hall–Kier alpha value is -1.69. The van der Waals surface area contributed by atoms with Gasteiger partial charge in [-0.1, -0.05) is 5.16 Å². The summed E-state index contributed by atoms with van der Waals surface area (Å²) >= 11 is 0. The van der Waals surface area contributed by atoms with E-state index >= 15 is 0 Å². The molecule has 0 saturated carbocycles. The molecule has 0 bridgehead atoms. The molecule has 2 aromatic rings. The van der Waals surface area contributed by atoms with Gasteiger partial charge in [0.25, 0.3) is 0 Å². The molecule has 0 aromatic carbocycles. The molecule has 2 aromatic heterocycles. The summed E-state index contributed by atoms with van der Waals surface area (Å²) in [4.78, 5) is 6.34. The molecular weight excluding hydrogens is 206 g/mol. The fourth-order valence-electron chi connectivity index (χ4n) is 2.13. The lowest BCUT2D eigenvalue weighted by Gasteiger charge is -2.13. The minimum Gasteiger partial charge on any atom is -0.343 e. The molecule has 3 heterocycles. The van der Waals surface area contributed by atoms with Crippen molar-refractivity contribution in [3.63, 3.8) is 0 Å². The van der Waals surface area contributed by atoms with E-state index in [2.05, 4.69) is 20.1 Å². The predicted molar refractivity (Wildman–Crippen MR) is 55.5 cm³/mol. The lowest BCUT2D eigenvalue weighted by molar-refractivity contribution is 0.296. The van der Waals surface area contributed by atoms with Crippen LogP contribution in [0.2, 0.25) is 0 Å². The summed E-state index contributed by atoms with van der Waals surface area (Å²) in [5.41, 5.74) is 0. The highest BCUT2D eigenvalue weighted by Crippen LogP contribution is 2.21. The van der Waals surface area contributed by atoms with Gasteiger partial charge in [-0.3, -0.25) is 9.58 Å². The van der Waals surface area contributed by atoms with Crippen LogP contribution in [0.1, 0.15) is 18.3 Å². The van der Waals surface area contributed by atoms with Gasteiger partial charge >= 0.3 is 0 Å². The van der Waals surface area contributed by atoms with Crippen LogP contribution in [0.25, 0.3) is 0 Å². The SMILES string of the molecule is c1cnn(C2CCN(Cc3ncon3)C2)c1. The van der Waals surface area contributed by atoms with Crippen molar-refractivity contribution in [2.75, 3.05) is 13.1 Å². The second-order valence-corrected chi connectivity index (χ2v) is 4.01. The molecule has 16 heavy (non-hydrogen) atoms. The number of rotatable bonds is 3. The van der Waals surface area contributed by atoms with Gasteiger partial charge in [-0.15, -0.1) is 0 Å². The highest BCUT2D eigenvalue weighted by Gasteiger charge is 2.24. The quantitative estimate of drug-likeness (QED) is 0.761. The third-order valence-electron chi connectivity index (χ3n) is 2.92. The molecule has 1 unspecified atom stereocenters. The zero-order chi connectivity index (χ0) is 10.8. The molecule has 6 heteroatoms. The Balaban J connectivity index is 1.61. The third kappa shape index (κ3) is 1.83. The molecule has 1 aliphatic rings. The average molecular weight is 219 g/mol. The Kier molecular flexibility index (Phi) is 2.41. The second-order valence-electron chi connectivity index (χ2n) is 4.01. The van der Waals surface area contributed by atoms with Gasteiger partial charge in [-0.05, 0) is 12.5 Å². The minimum atomic E-state index is 0.474. The van der Waals surface area contributed by atoms with Crippen LogP contribution in [0.15, 0.2) is 29.4 Å². The maximum absolute atomic E-state index is 4.72. The molecule has 3 rings (SSSR count). The monoisotopic (exact) mass is 219 g/mol. The lowest BCUT2D eigenvalue weighted by Crippen LogP contribution is -2.22. The van der Waals surface area contributed by atoms with Crippen molar-refractivity contribution in [3.05, 3.63) is 30.7 Å². The molecular formula is C10H13N5O. The van der Waals surface area contributed by atoms with E-state index in [0.717, 1.165) is 31.9 Å². The van der Waals surface area contributed by atoms with E-state index in [9.17, 15) is 0 Å². The van der Waals surface area contributed by atoms with E-state index in [0.29, 0.717) is 6.04 Å². The number of nitrogens with zero attached hydrogens (tertiary/aromatic N) is 5. The van der Waals surface area contributed by atoms with E-state index in [1.165, 1.54) is 6.39 Å². The van der Waals surface area contributed by atoms with Gasteiger partial charge in [0.15, 0.2) is 5.82 Å². The van der Waals surface area contributed by atoms with Crippen molar-refractivity contribution in [2.45, 2.75) is 19.0 Å². The Morgan fingerprint density at radius 2 is 2.50 bits per heavy atom. The van der Waals surface area contributed by atoms with E-state index < -0.39 is 0 Å². The zero-order valence-electron chi connectivity index (χ0n) is 8.86. The van der Waals surface area contributed by atoms with Gasteiger partial charge in [0.2, 0.25) is 6.39 Å². The van der Waals surface area contributed by atoms with Crippen LogP contribution in [-0.2, 0) is 6.54 Å². The molecule has 0 N–H and O–H groups in total. The summed E-state index contributed by atoms with van der Waals surface area (Å²) in [6.45, 7) is 2.81. The topological polar surface area (TPSA) is 60.0 Å². The first-order valence-corrected chi connectivity index (χ1v) is 5.38. The highest BCUT2D eigenvalue weighted by atomic mass is 16.5. The molecule has 1 saturated heterocycles. The van der Waals surface area contributed by atoms with Crippen molar-refractivity contribution < 1.29 is 4.52 Å². The lowest BCUT2D eigenvalue weighted by atomic mass is 10.3. The smallest absolute Gasteiger partial charge is 0.213 e. The first kappa shape index (κ1) is 9.53. The first-order chi connectivity index (χ1) is 7.92. The number of likely N-dealkylation sites (tertiary alicyclic amines) is 1. The summed E-state index contributed by atoms with van der Waals surface area (Å²) in [6, 6.07) is 2.43. The van der Waals surface area contributed by atoms with E-state index in [1.54, 1.807) is 0 Å². The molecule has 0 amide bonds. The number of hydrogen-bond acceptors (Lipinski definition) is 5. The van der Waals surface area contributed by atoms with Gasteiger partial charge < -0.3 is 4.52 Å². The van der Waals surface area contributed by atoms with Crippen molar-refractivity contribution in [1.82, 2.24) is 24.8 Å². The van der Waals surface area contributed by atoms with Gasteiger partial charge in [-0.25, -0.2) is 0 Å². The average Bonchev–Trinajstić information content (AvgIpc) is 2.99. The summed E-state index contributed by atoms with van der Waals surface area (Å²) in [5.74, 6) is 0.751. The summed E-state index contributed by atoms with van der Waals surface area (Å²) in [5, 5.41) is 8.09. The molecule has 1 aliphatic heterocycles. The first-order valence-electron chi connectivity index (χ1n) is 5.38. The molecule has 6 nitrogen and oxygen atoms in total. The zero-order valence-corrected chi connectivity index (χ0v) is 8.86. The van der Waals surface area contributed by atoms with Crippen LogP contribution >= 0.6 is 0 Å². The highest BCUT2D eigenvalue weighted by molar-refractivity contribution is 4.88. The fourth-order valence-corrected chi connectivity index (χ4v) is 2.13. The summed E-state index contributed by atoms with van der Waals surface area (Å²) < 4.78 is 6.74. The molecule has 84 valence electrons. The van der Waals surface area contributed by atoms with Crippen LogP contribution in [0.3, 0.4) is 0 Å². The molecule has 1 fully saturated rings. The molecule has 0 aliphatic carbocycles. The van der Waals surface area contributed by atoms with Gasteiger partial charge in [0, 0.05) is 25.5 Å². The Morgan fingerprint density at radius 3 is 3.25 bits per heavy atom. The van der Waals surface area contributed by atoms with E-state index in [1.807, 2.05) is 23.1 Å². The number of hydrogen-bond donors (Lipinski definition) is 0. The van der Waals surface area contributed by atoms with Gasteiger partial charge in [0.05, 0.1) is 12.6 Å². The van der Waals surface area contributed by atoms with Crippen molar-refractivity contribution in [3.8, 4) is 0 Å². The van der Waals surface area contributed by atoms with E-state index in [4.69, 9.17) is 4.52 Å². The Morgan fingerprint density at radius 1 is 1.50 bits per heavy atom. The number of aromatic nitrogens is 4. The van der Waals surface area contributed by atoms with Crippen molar-refractivity contribution >= 4 is 0 Å². The van der Waals surface area contributed by atoms with Crippen molar-refractivity contribution in [1.29, 1.82) is 0 Å². The standard InChI is InChI=1S/C10H13N5O/c1-3-12-15(4-1)9-2-5-14(6-9)7-10-11-8-16-13-10/h1,3-4,8-9H,2,5-7H2. The third-order valence-corrected chi connectivity index (χ3v) is 2.92. The molecule has 1 atom stereocenters. The second kappa shape index (κ2) is 4.05. The van der Waals surface area contributed by atoms with Crippen molar-refractivity contribution in [2.24, 2.45) is 0 Å². The van der Waals surface area contributed by atoms with Crippen LogP contribution in [0, 0.1) is 0 Å².